The number of benzene rings is 1. The third-order valence-corrected chi connectivity index (χ3v) is 6.14. The number of ether oxygens (including phenoxy) is 1. The maximum Gasteiger partial charge on any atom is 0.223 e. The molecule has 3 aromatic heterocycles. The molecule has 0 aliphatic heterocycles. The van der Waals surface area contributed by atoms with Crippen molar-refractivity contribution in [2.24, 2.45) is 5.92 Å². The quantitative estimate of drug-likeness (QED) is 0.528. The second kappa shape index (κ2) is 7.47. The van der Waals surface area contributed by atoms with Crippen LogP contribution in [0.3, 0.4) is 0 Å². The molecule has 0 bridgehead atoms. The number of hydrogen-bond donors (Lipinski definition) is 1. The van der Waals surface area contributed by atoms with E-state index in [1.54, 1.807) is 0 Å². The molecule has 31 heavy (non-hydrogen) atoms. The molecule has 4 aromatic rings. The maximum atomic E-state index is 14.1. The fourth-order valence-electron chi connectivity index (χ4n) is 4.62. The molecule has 5 rings (SSSR count). The minimum Gasteiger partial charge on any atom is -0.494 e. The molecular formula is C22H26FN7O. The molecule has 0 radical (unpaired) electrons. The largest absolute Gasteiger partial charge is 0.494 e. The van der Waals surface area contributed by atoms with Gasteiger partial charge in [-0.15, -0.1) is 5.10 Å². The summed E-state index contributed by atoms with van der Waals surface area (Å²) in [4.78, 5) is 9.03. The molecule has 9 heteroatoms. The predicted octanol–water partition coefficient (Wildman–Crippen LogP) is 3.52. The lowest BCUT2D eigenvalue weighted by Gasteiger charge is -2.23. The van der Waals surface area contributed by atoms with E-state index in [9.17, 15) is 4.39 Å². The molecule has 0 amide bonds. The Balaban J connectivity index is 1.39. The summed E-state index contributed by atoms with van der Waals surface area (Å²) >= 11 is 0. The minimum absolute atomic E-state index is 0.203. The molecule has 1 aliphatic carbocycles. The summed E-state index contributed by atoms with van der Waals surface area (Å²) in [5, 5.41) is 9.64. The standard InChI is InChI=1S/C22H26FN7O/c1-12(2)29-17-6-4-13(8-14(17)11-25-29)5-7-19-26-21-16-9-15(23)10-18(31-3)20(16)27-22(24)30(21)28-19/h9-13H,4-8H2,1-3H3,(H2,24,27)/t13-/m1/s1. The fourth-order valence-corrected chi connectivity index (χ4v) is 4.62. The van der Waals surface area contributed by atoms with Crippen molar-refractivity contribution in [3.63, 3.8) is 0 Å². The predicted molar refractivity (Wildman–Crippen MR) is 116 cm³/mol. The van der Waals surface area contributed by atoms with Crippen LogP contribution in [-0.2, 0) is 19.3 Å². The van der Waals surface area contributed by atoms with Gasteiger partial charge < -0.3 is 10.5 Å². The van der Waals surface area contributed by atoms with Gasteiger partial charge in [0.2, 0.25) is 5.95 Å². The van der Waals surface area contributed by atoms with E-state index in [0.29, 0.717) is 40.1 Å². The highest BCUT2D eigenvalue weighted by Crippen LogP contribution is 2.31. The SMILES string of the molecule is COc1cc(F)cc2c1nc(N)n1nc(CC[C@H]3CCc4c(cnn4C(C)C)C3)nc21. The van der Waals surface area contributed by atoms with Gasteiger partial charge in [0.15, 0.2) is 11.5 Å². The number of aryl methyl sites for hydroxylation is 1. The monoisotopic (exact) mass is 423 g/mol. The zero-order chi connectivity index (χ0) is 21.7. The summed E-state index contributed by atoms with van der Waals surface area (Å²) < 4.78 is 23.0. The third-order valence-electron chi connectivity index (χ3n) is 6.14. The maximum absolute atomic E-state index is 14.1. The molecule has 162 valence electrons. The van der Waals surface area contributed by atoms with Crippen molar-refractivity contribution in [2.75, 3.05) is 12.8 Å². The number of methoxy groups -OCH3 is 1. The molecule has 3 heterocycles. The van der Waals surface area contributed by atoms with Gasteiger partial charge in [0.05, 0.1) is 18.7 Å². The van der Waals surface area contributed by atoms with Gasteiger partial charge in [0.1, 0.15) is 17.1 Å². The Kier molecular flexibility index (Phi) is 4.75. The van der Waals surface area contributed by atoms with E-state index in [2.05, 4.69) is 38.7 Å². The van der Waals surface area contributed by atoms with Crippen LogP contribution in [0.2, 0.25) is 0 Å². The average molecular weight is 423 g/mol. The van der Waals surface area contributed by atoms with Gasteiger partial charge in [-0.05, 0) is 57.1 Å². The van der Waals surface area contributed by atoms with Gasteiger partial charge in [0, 0.05) is 24.2 Å². The lowest BCUT2D eigenvalue weighted by molar-refractivity contribution is 0.404. The van der Waals surface area contributed by atoms with Crippen molar-refractivity contribution in [2.45, 2.75) is 52.0 Å². The lowest BCUT2D eigenvalue weighted by Crippen LogP contribution is -2.18. The number of hydrogen-bond acceptors (Lipinski definition) is 6. The number of halogens is 1. The summed E-state index contributed by atoms with van der Waals surface area (Å²) in [7, 11) is 1.48. The second-order valence-electron chi connectivity index (χ2n) is 8.54. The van der Waals surface area contributed by atoms with Gasteiger partial charge in [-0.2, -0.15) is 9.61 Å². The first-order valence-corrected chi connectivity index (χ1v) is 10.7. The van der Waals surface area contributed by atoms with E-state index in [1.165, 1.54) is 35.0 Å². The number of fused-ring (bicyclic) bond motifs is 4. The highest BCUT2D eigenvalue weighted by atomic mass is 19.1. The first kappa shape index (κ1) is 19.7. The van der Waals surface area contributed by atoms with Crippen LogP contribution < -0.4 is 10.5 Å². The molecule has 0 saturated heterocycles. The van der Waals surface area contributed by atoms with Crippen LogP contribution in [0, 0.1) is 11.7 Å². The van der Waals surface area contributed by atoms with E-state index < -0.39 is 5.82 Å². The molecule has 0 fully saturated rings. The van der Waals surface area contributed by atoms with Crippen LogP contribution in [0.25, 0.3) is 16.6 Å². The average Bonchev–Trinajstić information content (AvgIpc) is 3.37. The summed E-state index contributed by atoms with van der Waals surface area (Å²) in [6.45, 7) is 4.33. The van der Waals surface area contributed by atoms with Gasteiger partial charge in [-0.3, -0.25) is 4.68 Å². The zero-order valence-corrected chi connectivity index (χ0v) is 18.0. The molecule has 0 spiro atoms. The Bertz CT molecular complexity index is 1280. The zero-order valence-electron chi connectivity index (χ0n) is 18.0. The molecule has 1 aromatic carbocycles. The molecule has 0 unspecified atom stereocenters. The fraction of sp³-hybridized carbons (Fsp3) is 0.455. The first-order valence-electron chi connectivity index (χ1n) is 10.7. The van der Waals surface area contributed by atoms with Crippen LogP contribution >= 0.6 is 0 Å². The van der Waals surface area contributed by atoms with E-state index in [-0.39, 0.29) is 5.95 Å². The number of rotatable bonds is 5. The number of aromatic nitrogens is 6. The van der Waals surface area contributed by atoms with Crippen LogP contribution in [-0.4, -0.2) is 36.5 Å². The van der Waals surface area contributed by atoms with Crippen LogP contribution in [0.1, 0.15) is 49.8 Å². The van der Waals surface area contributed by atoms with Crippen molar-refractivity contribution in [3.8, 4) is 5.75 Å². The van der Waals surface area contributed by atoms with Crippen LogP contribution in [0.4, 0.5) is 10.3 Å². The van der Waals surface area contributed by atoms with E-state index in [1.807, 2.05) is 6.20 Å². The molecule has 8 nitrogen and oxygen atoms in total. The molecule has 1 aliphatic rings. The second-order valence-corrected chi connectivity index (χ2v) is 8.54. The Morgan fingerprint density at radius 3 is 2.90 bits per heavy atom. The summed E-state index contributed by atoms with van der Waals surface area (Å²) in [6, 6.07) is 3.08. The van der Waals surface area contributed by atoms with Crippen molar-refractivity contribution < 1.29 is 9.13 Å². The first-order chi connectivity index (χ1) is 14.9. The summed E-state index contributed by atoms with van der Waals surface area (Å²) in [5.74, 6) is 1.37. The molecule has 1 atom stereocenters. The number of nitrogen functional groups attached to an aromatic ring is 1. The normalized spacial score (nSPS) is 16.4. The molecular weight excluding hydrogens is 397 g/mol. The van der Waals surface area contributed by atoms with Crippen LogP contribution in [0.5, 0.6) is 5.75 Å². The van der Waals surface area contributed by atoms with Gasteiger partial charge >= 0.3 is 0 Å². The van der Waals surface area contributed by atoms with Crippen LogP contribution in [0.15, 0.2) is 18.3 Å². The van der Waals surface area contributed by atoms with E-state index >= 15 is 0 Å². The Hall–Kier alpha value is -3.23. The number of nitrogens with two attached hydrogens (primary N) is 1. The Morgan fingerprint density at radius 1 is 1.29 bits per heavy atom. The van der Waals surface area contributed by atoms with Crippen molar-refractivity contribution in [1.29, 1.82) is 0 Å². The third kappa shape index (κ3) is 3.37. The van der Waals surface area contributed by atoms with Gasteiger partial charge in [0.25, 0.3) is 0 Å². The van der Waals surface area contributed by atoms with Gasteiger partial charge in [-0.25, -0.2) is 14.4 Å². The highest BCUT2D eigenvalue weighted by Gasteiger charge is 2.24. The molecule has 2 N–H and O–H groups in total. The van der Waals surface area contributed by atoms with E-state index in [0.717, 1.165) is 32.1 Å². The highest BCUT2D eigenvalue weighted by molar-refractivity contribution is 5.95. The number of anilines is 1. The smallest absolute Gasteiger partial charge is 0.223 e. The van der Waals surface area contributed by atoms with E-state index in [4.69, 9.17) is 10.5 Å². The summed E-state index contributed by atoms with van der Waals surface area (Å²) in [5.41, 5.74) is 9.82. The number of nitrogens with zero attached hydrogens (tertiary/aromatic N) is 6. The lowest BCUT2D eigenvalue weighted by atomic mass is 9.84. The van der Waals surface area contributed by atoms with Crippen molar-refractivity contribution >= 4 is 22.5 Å². The van der Waals surface area contributed by atoms with Gasteiger partial charge in [-0.1, -0.05) is 0 Å². The Morgan fingerprint density at radius 2 is 2.13 bits per heavy atom. The summed E-state index contributed by atoms with van der Waals surface area (Å²) in [6.07, 6.45) is 6.94. The Labute approximate surface area is 179 Å². The minimum atomic E-state index is -0.415. The van der Waals surface area contributed by atoms with Crippen molar-refractivity contribution in [3.05, 3.63) is 41.2 Å². The molecule has 0 saturated carbocycles. The van der Waals surface area contributed by atoms with Crippen molar-refractivity contribution in [1.82, 2.24) is 29.4 Å². The topological polar surface area (TPSA) is 96.1 Å².